The maximum Gasteiger partial charge on any atom is 0.0960 e. The van der Waals surface area contributed by atoms with Gasteiger partial charge >= 0.3 is 0 Å². The Bertz CT molecular complexity index is 301. The zero-order valence-electron chi connectivity index (χ0n) is 10.6. The van der Waals surface area contributed by atoms with Crippen LogP contribution in [0, 0.1) is 5.92 Å². The molecule has 0 aliphatic heterocycles. The second kappa shape index (κ2) is 8.95. The Morgan fingerprint density at radius 3 is 2.82 bits per heavy atom. The van der Waals surface area contributed by atoms with Gasteiger partial charge in [-0.3, -0.25) is 0 Å². The van der Waals surface area contributed by atoms with E-state index in [1.807, 2.05) is 24.0 Å². The van der Waals surface area contributed by atoms with Gasteiger partial charge in [-0.25, -0.2) is 4.98 Å². The standard InChI is InChI=1S/C13H21BrN2S/c1-11(2)9-15-7-3-4-8-17-13-6-5-12(14)10-16-13/h5-6,10-11,15H,3-4,7-9H2,1-2H3. The summed E-state index contributed by atoms with van der Waals surface area (Å²) in [4.78, 5) is 4.34. The first-order valence-electron chi connectivity index (χ1n) is 6.13. The van der Waals surface area contributed by atoms with E-state index in [0.717, 1.165) is 34.3 Å². The van der Waals surface area contributed by atoms with Gasteiger partial charge in [-0.1, -0.05) is 13.8 Å². The van der Waals surface area contributed by atoms with Gasteiger partial charge < -0.3 is 5.32 Å². The molecule has 0 saturated heterocycles. The Hall–Kier alpha value is -0.0600. The van der Waals surface area contributed by atoms with Crippen molar-refractivity contribution in [1.82, 2.24) is 10.3 Å². The molecule has 0 saturated carbocycles. The number of hydrogen-bond acceptors (Lipinski definition) is 3. The molecule has 0 amide bonds. The minimum Gasteiger partial charge on any atom is -0.316 e. The molecule has 1 N–H and O–H groups in total. The summed E-state index contributed by atoms with van der Waals surface area (Å²) in [5.74, 6) is 1.90. The van der Waals surface area contributed by atoms with Crippen LogP contribution in [-0.2, 0) is 0 Å². The number of unbranched alkanes of at least 4 members (excludes halogenated alkanes) is 1. The number of aromatic nitrogens is 1. The molecular weight excluding hydrogens is 296 g/mol. The van der Waals surface area contributed by atoms with Crippen molar-refractivity contribution >= 4 is 27.7 Å². The molecule has 2 nitrogen and oxygen atoms in total. The quantitative estimate of drug-likeness (QED) is 0.580. The van der Waals surface area contributed by atoms with Crippen molar-refractivity contribution in [2.24, 2.45) is 5.92 Å². The number of pyridine rings is 1. The third-order valence-corrected chi connectivity index (χ3v) is 3.75. The maximum atomic E-state index is 4.34. The van der Waals surface area contributed by atoms with Crippen LogP contribution in [-0.4, -0.2) is 23.8 Å². The Balaban J connectivity index is 1.99. The molecule has 0 spiro atoms. The topological polar surface area (TPSA) is 24.9 Å². The van der Waals surface area contributed by atoms with Crippen LogP contribution in [0.15, 0.2) is 27.8 Å². The lowest BCUT2D eigenvalue weighted by Crippen LogP contribution is -2.20. The molecule has 1 aromatic rings. The van der Waals surface area contributed by atoms with E-state index < -0.39 is 0 Å². The Morgan fingerprint density at radius 2 is 2.18 bits per heavy atom. The van der Waals surface area contributed by atoms with Crippen LogP contribution in [0.25, 0.3) is 0 Å². The van der Waals surface area contributed by atoms with Crippen molar-refractivity contribution in [2.75, 3.05) is 18.8 Å². The first-order chi connectivity index (χ1) is 8.18. The SMILES string of the molecule is CC(C)CNCCCCSc1ccc(Br)cn1. The number of rotatable bonds is 8. The summed E-state index contributed by atoms with van der Waals surface area (Å²) in [6, 6.07) is 4.10. The summed E-state index contributed by atoms with van der Waals surface area (Å²) >= 11 is 5.22. The van der Waals surface area contributed by atoms with Crippen LogP contribution in [0.3, 0.4) is 0 Å². The molecule has 0 atom stereocenters. The van der Waals surface area contributed by atoms with Crippen molar-refractivity contribution in [2.45, 2.75) is 31.7 Å². The predicted molar refractivity (Wildman–Crippen MR) is 79.6 cm³/mol. The molecule has 0 aliphatic carbocycles. The average molecular weight is 317 g/mol. The van der Waals surface area contributed by atoms with E-state index in [2.05, 4.69) is 46.1 Å². The monoisotopic (exact) mass is 316 g/mol. The molecule has 1 rings (SSSR count). The van der Waals surface area contributed by atoms with Gasteiger partial charge in [0.25, 0.3) is 0 Å². The van der Waals surface area contributed by atoms with E-state index >= 15 is 0 Å². The fraction of sp³-hybridized carbons (Fsp3) is 0.615. The molecule has 0 radical (unpaired) electrons. The van der Waals surface area contributed by atoms with Gasteiger partial charge in [-0.2, -0.15) is 0 Å². The van der Waals surface area contributed by atoms with E-state index in [1.54, 1.807) is 0 Å². The summed E-state index contributed by atoms with van der Waals surface area (Å²) < 4.78 is 1.04. The smallest absolute Gasteiger partial charge is 0.0960 e. The lowest BCUT2D eigenvalue weighted by Gasteiger charge is -2.06. The molecule has 0 fully saturated rings. The third-order valence-electron chi connectivity index (χ3n) is 2.25. The molecule has 1 aromatic heterocycles. The molecule has 0 aromatic carbocycles. The van der Waals surface area contributed by atoms with Gasteiger partial charge in [0.2, 0.25) is 0 Å². The highest BCUT2D eigenvalue weighted by atomic mass is 79.9. The fourth-order valence-electron chi connectivity index (χ4n) is 1.37. The Kier molecular flexibility index (Phi) is 7.90. The van der Waals surface area contributed by atoms with Crippen molar-refractivity contribution in [3.63, 3.8) is 0 Å². The fourth-order valence-corrected chi connectivity index (χ4v) is 2.45. The molecular formula is C13H21BrN2S. The summed E-state index contributed by atoms with van der Waals surface area (Å²) in [7, 11) is 0. The number of thioether (sulfide) groups is 1. The van der Waals surface area contributed by atoms with Crippen LogP contribution in [0.2, 0.25) is 0 Å². The summed E-state index contributed by atoms with van der Waals surface area (Å²) in [6.45, 7) is 6.73. The predicted octanol–water partition coefficient (Wildman–Crippen LogP) is 3.96. The van der Waals surface area contributed by atoms with E-state index in [9.17, 15) is 0 Å². The number of halogens is 1. The van der Waals surface area contributed by atoms with Crippen LogP contribution in [0.4, 0.5) is 0 Å². The van der Waals surface area contributed by atoms with Crippen molar-refractivity contribution < 1.29 is 0 Å². The van der Waals surface area contributed by atoms with E-state index in [-0.39, 0.29) is 0 Å². The van der Waals surface area contributed by atoms with E-state index in [0.29, 0.717) is 0 Å². The minimum atomic E-state index is 0.747. The lowest BCUT2D eigenvalue weighted by atomic mass is 10.2. The number of nitrogens with zero attached hydrogens (tertiary/aromatic N) is 1. The molecule has 0 unspecified atom stereocenters. The van der Waals surface area contributed by atoms with Crippen LogP contribution >= 0.6 is 27.7 Å². The third kappa shape index (κ3) is 7.79. The van der Waals surface area contributed by atoms with E-state index in [1.165, 1.54) is 12.8 Å². The molecule has 0 aliphatic rings. The van der Waals surface area contributed by atoms with Gasteiger partial charge in [0.05, 0.1) is 5.03 Å². The lowest BCUT2D eigenvalue weighted by molar-refractivity contribution is 0.541. The van der Waals surface area contributed by atoms with Crippen molar-refractivity contribution in [1.29, 1.82) is 0 Å². The molecule has 0 bridgehead atoms. The molecule has 1 heterocycles. The van der Waals surface area contributed by atoms with Gasteiger partial charge in [0, 0.05) is 10.7 Å². The molecule has 17 heavy (non-hydrogen) atoms. The molecule has 96 valence electrons. The Morgan fingerprint density at radius 1 is 1.35 bits per heavy atom. The van der Waals surface area contributed by atoms with Crippen molar-refractivity contribution in [3.8, 4) is 0 Å². The summed E-state index contributed by atoms with van der Waals surface area (Å²) in [5, 5.41) is 4.57. The zero-order chi connectivity index (χ0) is 12.5. The first kappa shape index (κ1) is 15.0. The highest BCUT2D eigenvalue weighted by molar-refractivity contribution is 9.10. The van der Waals surface area contributed by atoms with Crippen LogP contribution in [0.5, 0.6) is 0 Å². The van der Waals surface area contributed by atoms with Crippen LogP contribution < -0.4 is 5.32 Å². The Labute approximate surface area is 117 Å². The zero-order valence-corrected chi connectivity index (χ0v) is 13.0. The van der Waals surface area contributed by atoms with Crippen LogP contribution in [0.1, 0.15) is 26.7 Å². The van der Waals surface area contributed by atoms with Gasteiger partial charge in [0.15, 0.2) is 0 Å². The number of hydrogen-bond donors (Lipinski definition) is 1. The first-order valence-corrected chi connectivity index (χ1v) is 7.91. The average Bonchev–Trinajstić information content (AvgIpc) is 2.30. The summed E-state index contributed by atoms with van der Waals surface area (Å²) in [6.07, 6.45) is 4.34. The highest BCUT2D eigenvalue weighted by Crippen LogP contribution is 2.18. The summed E-state index contributed by atoms with van der Waals surface area (Å²) in [5.41, 5.74) is 0. The van der Waals surface area contributed by atoms with Gasteiger partial charge in [-0.05, 0) is 65.7 Å². The normalized spacial score (nSPS) is 11.1. The van der Waals surface area contributed by atoms with E-state index in [4.69, 9.17) is 0 Å². The largest absolute Gasteiger partial charge is 0.316 e. The highest BCUT2D eigenvalue weighted by Gasteiger charge is 1.96. The maximum absolute atomic E-state index is 4.34. The second-order valence-electron chi connectivity index (χ2n) is 4.47. The number of nitrogens with one attached hydrogen (secondary N) is 1. The second-order valence-corrected chi connectivity index (χ2v) is 6.50. The molecule has 4 heteroatoms. The van der Waals surface area contributed by atoms with Gasteiger partial charge in [0.1, 0.15) is 0 Å². The van der Waals surface area contributed by atoms with Gasteiger partial charge in [-0.15, -0.1) is 11.8 Å². The van der Waals surface area contributed by atoms with Crippen molar-refractivity contribution in [3.05, 3.63) is 22.8 Å². The minimum absolute atomic E-state index is 0.747.